The van der Waals surface area contributed by atoms with Crippen molar-refractivity contribution in [2.24, 2.45) is 5.92 Å². The Morgan fingerprint density at radius 3 is 2.90 bits per heavy atom. The summed E-state index contributed by atoms with van der Waals surface area (Å²) >= 11 is 0. The van der Waals surface area contributed by atoms with Crippen LogP contribution in [-0.4, -0.2) is 30.2 Å². The van der Waals surface area contributed by atoms with Crippen LogP contribution in [0.15, 0.2) is 24.4 Å². The largest absolute Gasteiger partial charge is 0.314 e. The average molecular weight is 273 g/mol. The number of hydrogen-bond acceptors (Lipinski definition) is 3. The van der Waals surface area contributed by atoms with E-state index in [1.165, 1.54) is 50.8 Å². The van der Waals surface area contributed by atoms with Gasteiger partial charge in [-0.15, -0.1) is 0 Å². The molecule has 3 rings (SSSR count). The molecule has 3 atom stereocenters. The van der Waals surface area contributed by atoms with Crippen molar-refractivity contribution in [2.75, 3.05) is 13.1 Å². The Kier molecular flexibility index (Phi) is 5.04. The first-order valence-electron chi connectivity index (χ1n) is 8.30. The van der Waals surface area contributed by atoms with Gasteiger partial charge in [-0.05, 0) is 50.3 Å². The van der Waals surface area contributed by atoms with Gasteiger partial charge in [0.15, 0.2) is 0 Å². The van der Waals surface area contributed by atoms with E-state index < -0.39 is 0 Å². The first-order valence-corrected chi connectivity index (χ1v) is 8.30. The second-order valence-corrected chi connectivity index (χ2v) is 6.28. The Labute approximate surface area is 122 Å². The highest BCUT2D eigenvalue weighted by Crippen LogP contribution is 2.30. The predicted octanol–water partition coefficient (Wildman–Crippen LogP) is 2.52. The van der Waals surface area contributed by atoms with E-state index in [0.717, 1.165) is 24.9 Å². The van der Waals surface area contributed by atoms with E-state index in [4.69, 9.17) is 0 Å². The summed E-state index contributed by atoms with van der Waals surface area (Å²) in [6.45, 7) is 2.28. The predicted molar refractivity (Wildman–Crippen MR) is 82.7 cm³/mol. The molecule has 1 aliphatic heterocycles. The lowest BCUT2D eigenvalue weighted by molar-refractivity contribution is 0.215. The zero-order valence-corrected chi connectivity index (χ0v) is 12.4. The van der Waals surface area contributed by atoms with E-state index >= 15 is 0 Å². The molecule has 0 spiro atoms. The second-order valence-electron chi connectivity index (χ2n) is 6.28. The molecule has 1 saturated heterocycles. The number of aromatic nitrogens is 1. The maximum atomic E-state index is 4.41. The summed E-state index contributed by atoms with van der Waals surface area (Å²) in [7, 11) is 0. The van der Waals surface area contributed by atoms with Gasteiger partial charge in [0, 0.05) is 36.9 Å². The Morgan fingerprint density at radius 1 is 1.15 bits per heavy atom. The lowest BCUT2D eigenvalue weighted by Gasteiger charge is -2.36. The Hall–Kier alpha value is -0.930. The number of pyridine rings is 1. The summed E-state index contributed by atoms with van der Waals surface area (Å²) in [5.41, 5.74) is 1.20. The Balaban J connectivity index is 1.49. The van der Waals surface area contributed by atoms with E-state index in [0.29, 0.717) is 6.04 Å². The normalized spacial score (nSPS) is 30.5. The molecule has 3 heteroatoms. The summed E-state index contributed by atoms with van der Waals surface area (Å²) in [4.78, 5) is 4.41. The van der Waals surface area contributed by atoms with E-state index in [9.17, 15) is 0 Å². The molecule has 1 aliphatic carbocycles. The minimum absolute atomic E-state index is 0.711. The minimum atomic E-state index is 0.711. The van der Waals surface area contributed by atoms with Crippen molar-refractivity contribution in [2.45, 2.75) is 57.0 Å². The van der Waals surface area contributed by atoms with Crippen LogP contribution in [0, 0.1) is 5.92 Å². The van der Waals surface area contributed by atoms with Crippen molar-refractivity contribution in [1.29, 1.82) is 0 Å². The van der Waals surface area contributed by atoms with Gasteiger partial charge in [0.1, 0.15) is 0 Å². The third-order valence-corrected chi connectivity index (χ3v) is 4.95. The monoisotopic (exact) mass is 273 g/mol. The van der Waals surface area contributed by atoms with E-state index in [-0.39, 0.29) is 0 Å². The number of nitrogens with one attached hydrogen (secondary N) is 2. The van der Waals surface area contributed by atoms with E-state index in [1.54, 1.807) is 0 Å². The quantitative estimate of drug-likeness (QED) is 0.865. The van der Waals surface area contributed by atoms with Crippen molar-refractivity contribution in [3.63, 3.8) is 0 Å². The molecule has 1 saturated carbocycles. The first kappa shape index (κ1) is 14.0. The molecule has 20 heavy (non-hydrogen) atoms. The van der Waals surface area contributed by atoms with Gasteiger partial charge >= 0.3 is 0 Å². The topological polar surface area (TPSA) is 37.0 Å². The van der Waals surface area contributed by atoms with E-state index in [2.05, 4.69) is 27.8 Å². The summed E-state index contributed by atoms with van der Waals surface area (Å²) in [6, 6.07) is 7.66. The molecule has 2 aliphatic rings. The molecule has 3 unspecified atom stereocenters. The fourth-order valence-electron chi connectivity index (χ4n) is 3.90. The molecule has 110 valence electrons. The third-order valence-electron chi connectivity index (χ3n) is 4.95. The van der Waals surface area contributed by atoms with Crippen molar-refractivity contribution in [3.8, 4) is 0 Å². The van der Waals surface area contributed by atoms with Crippen LogP contribution < -0.4 is 10.6 Å². The summed E-state index contributed by atoms with van der Waals surface area (Å²) in [6.07, 6.45) is 11.2. The van der Waals surface area contributed by atoms with Crippen molar-refractivity contribution >= 4 is 0 Å². The highest BCUT2D eigenvalue weighted by molar-refractivity contribution is 5.04. The fraction of sp³-hybridized carbons (Fsp3) is 0.706. The number of rotatable bonds is 5. The summed E-state index contributed by atoms with van der Waals surface area (Å²) in [5.74, 6) is 0.843. The van der Waals surface area contributed by atoms with Gasteiger partial charge in [0.2, 0.25) is 0 Å². The SMILES string of the molecule is c1ccc(CCNC2CCCCC2C2CCCN2)nc1. The maximum absolute atomic E-state index is 4.41. The zero-order valence-electron chi connectivity index (χ0n) is 12.4. The van der Waals surface area contributed by atoms with Crippen molar-refractivity contribution in [3.05, 3.63) is 30.1 Å². The van der Waals surface area contributed by atoms with Crippen LogP contribution in [0.2, 0.25) is 0 Å². The van der Waals surface area contributed by atoms with Gasteiger partial charge in [-0.1, -0.05) is 18.9 Å². The molecule has 0 radical (unpaired) electrons. The fourth-order valence-corrected chi connectivity index (χ4v) is 3.90. The van der Waals surface area contributed by atoms with Crippen LogP contribution in [0.1, 0.15) is 44.2 Å². The minimum Gasteiger partial charge on any atom is -0.314 e. The van der Waals surface area contributed by atoms with Gasteiger partial charge in [0.25, 0.3) is 0 Å². The zero-order chi connectivity index (χ0) is 13.6. The van der Waals surface area contributed by atoms with Gasteiger partial charge in [-0.25, -0.2) is 0 Å². The lowest BCUT2D eigenvalue weighted by Crippen LogP contribution is -2.47. The summed E-state index contributed by atoms with van der Waals surface area (Å²) in [5, 5.41) is 7.53. The highest BCUT2D eigenvalue weighted by Gasteiger charge is 2.32. The first-order chi connectivity index (χ1) is 9.93. The van der Waals surface area contributed by atoms with Crippen LogP contribution in [0.4, 0.5) is 0 Å². The van der Waals surface area contributed by atoms with Gasteiger partial charge in [-0.2, -0.15) is 0 Å². The van der Waals surface area contributed by atoms with E-state index in [1.807, 2.05) is 12.3 Å². The van der Waals surface area contributed by atoms with Crippen molar-refractivity contribution < 1.29 is 0 Å². The standard InChI is InChI=1S/C17H27N3/c1-2-8-16(15(7-1)17-9-5-12-19-17)20-13-10-14-6-3-4-11-18-14/h3-4,6,11,15-17,19-20H,1-2,5,7-10,12-13H2. The molecular formula is C17H27N3. The van der Waals surface area contributed by atoms with Crippen LogP contribution in [0.5, 0.6) is 0 Å². The van der Waals surface area contributed by atoms with Crippen LogP contribution in [0.3, 0.4) is 0 Å². The molecule has 0 amide bonds. The Bertz CT molecular complexity index is 386. The van der Waals surface area contributed by atoms with Crippen LogP contribution in [-0.2, 0) is 6.42 Å². The molecule has 2 fully saturated rings. The van der Waals surface area contributed by atoms with Crippen LogP contribution >= 0.6 is 0 Å². The smallest absolute Gasteiger partial charge is 0.0416 e. The van der Waals surface area contributed by atoms with Gasteiger partial charge in [-0.3, -0.25) is 4.98 Å². The molecule has 2 heterocycles. The molecule has 2 N–H and O–H groups in total. The lowest BCUT2D eigenvalue weighted by atomic mass is 9.79. The number of hydrogen-bond donors (Lipinski definition) is 2. The molecule has 0 bridgehead atoms. The van der Waals surface area contributed by atoms with Gasteiger partial charge < -0.3 is 10.6 Å². The van der Waals surface area contributed by atoms with Gasteiger partial charge in [0.05, 0.1) is 0 Å². The Morgan fingerprint density at radius 2 is 2.10 bits per heavy atom. The van der Waals surface area contributed by atoms with Crippen LogP contribution in [0.25, 0.3) is 0 Å². The van der Waals surface area contributed by atoms with Crippen molar-refractivity contribution in [1.82, 2.24) is 15.6 Å². The molecule has 1 aromatic heterocycles. The molecule has 3 nitrogen and oxygen atoms in total. The molecule has 0 aromatic carbocycles. The maximum Gasteiger partial charge on any atom is 0.0416 e. The molecular weight excluding hydrogens is 246 g/mol. The number of nitrogens with zero attached hydrogens (tertiary/aromatic N) is 1. The second kappa shape index (κ2) is 7.19. The summed E-state index contributed by atoms with van der Waals surface area (Å²) < 4.78 is 0. The third kappa shape index (κ3) is 3.58. The molecule has 1 aromatic rings. The highest BCUT2D eigenvalue weighted by atomic mass is 15.0. The average Bonchev–Trinajstić information content (AvgIpc) is 3.03.